The maximum absolute atomic E-state index is 12.0. The summed E-state index contributed by atoms with van der Waals surface area (Å²) in [5.74, 6) is 1.89. The van der Waals surface area contributed by atoms with Crippen molar-refractivity contribution in [1.29, 1.82) is 0 Å². The van der Waals surface area contributed by atoms with E-state index in [0.717, 1.165) is 17.5 Å². The first-order valence-corrected chi connectivity index (χ1v) is 6.90. The molecular weight excluding hydrogens is 270 g/mol. The maximum atomic E-state index is 12.0. The fourth-order valence-electron chi connectivity index (χ4n) is 3.39. The molecule has 0 aliphatic carbocycles. The van der Waals surface area contributed by atoms with Gasteiger partial charge in [0.15, 0.2) is 11.5 Å². The Labute approximate surface area is 124 Å². The molecule has 21 heavy (non-hydrogen) atoms. The van der Waals surface area contributed by atoms with E-state index in [0.29, 0.717) is 23.8 Å². The summed E-state index contributed by atoms with van der Waals surface area (Å²) in [4.78, 5) is 13.9. The number of benzene rings is 1. The first kappa shape index (κ1) is 13.8. The zero-order valence-electron chi connectivity index (χ0n) is 12.7. The fraction of sp³-hybridized carbons (Fsp3) is 0.438. The Kier molecular flexibility index (Phi) is 3.08. The summed E-state index contributed by atoms with van der Waals surface area (Å²) in [5.41, 5.74) is 1.62. The van der Waals surface area contributed by atoms with Crippen LogP contribution in [0.1, 0.15) is 18.1 Å². The summed E-state index contributed by atoms with van der Waals surface area (Å²) in [6.07, 6.45) is 4.34. The van der Waals surface area contributed by atoms with Gasteiger partial charge in [0, 0.05) is 18.2 Å². The summed E-state index contributed by atoms with van der Waals surface area (Å²) in [5, 5.41) is 0. The molecule has 1 atom stereocenters. The van der Waals surface area contributed by atoms with Crippen LogP contribution in [0.4, 0.5) is 0 Å². The average molecular weight is 289 g/mol. The SMILES string of the molecule is COc1cc2c(c(OC)c1OC)[C@@]1(C)C=CC(=O)N1CC2. The molecule has 2 heterocycles. The van der Waals surface area contributed by atoms with E-state index in [1.165, 1.54) is 0 Å². The molecule has 0 radical (unpaired) electrons. The Morgan fingerprint density at radius 3 is 2.48 bits per heavy atom. The predicted molar refractivity (Wildman–Crippen MR) is 78.0 cm³/mol. The van der Waals surface area contributed by atoms with Crippen molar-refractivity contribution in [2.45, 2.75) is 18.9 Å². The maximum Gasteiger partial charge on any atom is 0.247 e. The Bertz CT molecular complexity index is 638. The third-order valence-electron chi connectivity index (χ3n) is 4.40. The summed E-state index contributed by atoms with van der Waals surface area (Å²) < 4.78 is 16.5. The van der Waals surface area contributed by atoms with E-state index in [2.05, 4.69) is 0 Å². The number of rotatable bonds is 3. The van der Waals surface area contributed by atoms with Crippen molar-refractivity contribution in [3.05, 3.63) is 29.3 Å². The van der Waals surface area contributed by atoms with Crippen molar-refractivity contribution < 1.29 is 19.0 Å². The number of ether oxygens (including phenoxy) is 3. The third kappa shape index (κ3) is 1.73. The van der Waals surface area contributed by atoms with Crippen LogP contribution in [0.3, 0.4) is 0 Å². The summed E-state index contributed by atoms with van der Waals surface area (Å²) in [6.45, 7) is 2.72. The molecule has 2 aliphatic heterocycles. The highest BCUT2D eigenvalue weighted by atomic mass is 16.5. The van der Waals surface area contributed by atoms with Gasteiger partial charge in [-0.1, -0.05) is 0 Å². The van der Waals surface area contributed by atoms with Crippen LogP contribution in [-0.2, 0) is 16.8 Å². The van der Waals surface area contributed by atoms with Gasteiger partial charge in [-0.2, -0.15) is 0 Å². The molecule has 1 aromatic rings. The topological polar surface area (TPSA) is 48.0 Å². The zero-order valence-corrected chi connectivity index (χ0v) is 12.7. The minimum Gasteiger partial charge on any atom is -0.493 e. The van der Waals surface area contributed by atoms with Gasteiger partial charge < -0.3 is 19.1 Å². The summed E-state index contributed by atoms with van der Waals surface area (Å²) >= 11 is 0. The van der Waals surface area contributed by atoms with Crippen molar-refractivity contribution >= 4 is 5.91 Å². The molecule has 0 fully saturated rings. The van der Waals surface area contributed by atoms with Crippen molar-refractivity contribution in [1.82, 2.24) is 4.90 Å². The summed E-state index contributed by atoms with van der Waals surface area (Å²) in [7, 11) is 4.81. The van der Waals surface area contributed by atoms with Gasteiger partial charge in [0.2, 0.25) is 11.7 Å². The number of nitrogens with zero attached hydrogens (tertiary/aromatic N) is 1. The molecule has 0 saturated heterocycles. The van der Waals surface area contributed by atoms with Gasteiger partial charge in [-0.3, -0.25) is 4.79 Å². The highest BCUT2D eigenvalue weighted by Gasteiger charge is 2.45. The first-order valence-electron chi connectivity index (χ1n) is 6.90. The second-order valence-electron chi connectivity index (χ2n) is 5.40. The Balaban J connectivity index is 2.29. The number of fused-ring (bicyclic) bond motifs is 3. The lowest BCUT2D eigenvalue weighted by Crippen LogP contribution is -2.46. The molecule has 0 N–H and O–H groups in total. The molecule has 1 amide bonds. The highest BCUT2D eigenvalue weighted by Crippen LogP contribution is 2.51. The quantitative estimate of drug-likeness (QED) is 0.852. The molecule has 112 valence electrons. The molecule has 2 aliphatic rings. The number of hydrogen-bond acceptors (Lipinski definition) is 4. The van der Waals surface area contributed by atoms with Gasteiger partial charge in [0.25, 0.3) is 0 Å². The molecular formula is C16H19NO4. The van der Waals surface area contributed by atoms with Crippen LogP contribution in [0.25, 0.3) is 0 Å². The molecule has 1 aromatic carbocycles. The molecule has 0 spiro atoms. The second-order valence-corrected chi connectivity index (χ2v) is 5.40. The van der Waals surface area contributed by atoms with E-state index >= 15 is 0 Å². The second kappa shape index (κ2) is 4.69. The van der Waals surface area contributed by atoms with E-state index in [9.17, 15) is 4.79 Å². The summed E-state index contributed by atoms with van der Waals surface area (Å²) in [6, 6.07) is 1.98. The van der Waals surface area contributed by atoms with Crippen LogP contribution in [0, 0.1) is 0 Å². The number of carbonyl (C=O) groups is 1. The van der Waals surface area contributed by atoms with Gasteiger partial charge in [-0.25, -0.2) is 0 Å². The normalized spacial score (nSPS) is 22.9. The van der Waals surface area contributed by atoms with Crippen molar-refractivity contribution in [2.24, 2.45) is 0 Å². The standard InChI is InChI=1S/C16H19NO4/c1-16-7-5-12(18)17(16)8-6-10-9-11(19-2)14(20-3)15(21-4)13(10)16/h5,7,9H,6,8H2,1-4H3/t16-/m1/s1. The minimum absolute atomic E-state index is 0.0417. The molecule has 5 nitrogen and oxygen atoms in total. The molecule has 3 rings (SSSR count). The van der Waals surface area contributed by atoms with E-state index in [-0.39, 0.29) is 5.91 Å². The lowest BCUT2D eigenvalue weighted by molar-refractivity contribution is -0.129. The number of methoxy groups -OCH3 is 3. The number of amides is 1. The number of carbonyl (C=O) groups excluding carboxylic acids is 1. The predicted octanol–water partition coefficient (Wildman–Crippen LogP) is 1.88. The van der Waals surface area contributed by atoms with Crippen LogP contribution < -0.4 is 14.2 Å². The lowest BCUT2D eigenvalue weighted by Gasteiger charge is -2.41. The van der Waals surface area contributed by atoms with Crippen molar-refractivity contribution in [3.8, 4) is 17.2 Å². The molecule has 0 bridgehead atoms. The van der Waals surface area contributed by atoms with Crippen LogP contribution in [0.2, 0.25) is 0 Å². The number of hydrogen-bond donors (Lipinski definition) is 0. The lowest BCUT2D eigenvalue weighted by atomic mass is 9.82. The minimum atomic E-state index is -0.491. The van der Waals surface area contributed by atoms with Crippen molar-refractivity contribution in [2.75, 3.05) is 27.9 Å². The smallest absolute Gasteiger partial charge is 0.247 e. The third-order valence-corrected chi connectivity index (χ3v) is 4.40. The van der Waals surface area contributed by atoms with Gasteiger partial charge >= 0.3 is 0 Å². The van der Waals surface area contributed by atoms with Crippen LogP contribution in [0.15, 0.2) is 18.2 Å². The van der Waals surface area contributed by atoms with Crippen LogP contribution in [-0.4, -0.2) is 38.7 Å². The fourth-order valence-corrected chi connectivity index (χ4v) is 3.39. The zero-order chi connectivity index (χ0) is 15.2. The van der Waals surface area contributed by atoms with Gasteiger partial charge in [-0.15, -0.1) is 0 Å². The van der Waals surface area contributed by atoms with Crippen LogP contribution in [0.5, 0.6) is 17.2 Å². The molecule has 0 unspecified atom stereocenters. The van der Waals surface area contributed by atoms with E-state index in [1.54, 1.807) is 27.4 Å². The Morgan fingerprint density at radius 2 is 1.86 bits per heavy atom. The Hall–Kier alpha value is -2.17. The highest BCUT2D eigenvalue weighted by molar-refractivity contribution is 5.92. The van der Waals surface area contributed by atoms with Gasteiger partial charge in [0.05, 0.1) is 26.9 Å². The van der Waals surface area contributed by atoms with E-state index < -0.39 is 5.54 Å². The molecule has 0 aromatic heterocycles. The average Bonchev–Trinajstić information content (AvgIpc) is 2.80. The Morgan fingerprint density at radius 1 is 1.14 bits per heavy atom. The first-order chi connectivity index (χ1) is 10.1. The molecule has 0 saturated carbocycles. The van der Waals surface area contributed by atoms with E-state index in [4.69, 9.17) is 14.2 Å². The van der Waals surface area contributed by atoms with Crippen LogP contribution >= 0.6 is 0 Å². The van der Waals surface area contributed by atoms with Gasteiger partial charge in [-0.05, 0) is 31.1 Å². The molecule has 5 heteroatoms. The largest absolute Gasteiger partial charge is 0.493 e. The van der Waals surface area contributed by atoms with Crippen molar-refractivity contribution in [3.63, 3.8) is 0 Å². The van der Waals surface area contributed by atoms with Gasteiger partial charge in [0.1, 0.15) is 0 Å². The van der Waals surface area contributed by atoms with E-state index in [1.807, 2.05) is 24.0 Å². The monoisotopic (exact) mass is 289 g/mol.